The average molecular weight is 311 g/mol. The maximum atomic E-state index is 6.53. The van der Waals surface area contributed by atoms with Gasteiger partial charge in [-0.3, -0.25) is 0 Å². The number of benzene rings is 1. The minimum Gasteiger partial charge on any atom is -0.370 e. The molecule has 0 radical (unpaired) electrons. The highest BCUT2D eigenvalue weighted by molar-refractivity contribution is 6.33. The SMILES string of the molecule is CCCNCc1cccc(Cl)c1N(CC(C)C)CC(C)C. The van der Waals surface area contributed by atoms with Crippen molar-refractivity contribution in [3.05, 3.63) is 28.8 Å². The van der Waals surface area contributed by atoms with Gasteiger partial charge in [-0.15, -0.1) is 0 Å². The van der Waals surface area contributed by atoms with Gasteiger partial charge in [0, 0.05) is 19.6 Å². The van der Waals surface area contributed by atoms with Crippen molar-refractivity contribution in [1.29, 1.82) is 0 Å². The van der Waals surface area contributed by atoms with Crippen LogP contribution < -0.4 is 10.2 Å². The van der Waals surface area contributed by atoms with E-state index in [9.17, 15) is 0 Å². The van der Waals surface area contributed by atoms with Crippen LogP contribution in [0.1, 0.15) is 46.6 Å². The second-order valence-corrected chi connectivity index (χ2v) is 7.02. The van der Waals surface area contributed by atoms with Crippen molar-refractivity contribution < 1.29 is 0 Å². The van der Waals surface area contributed by atoms with Crippen molar-refractivity contribution in [2.24, 2.45) is 11.8 Å². The summed E-state index contributed by atoms with van der Waals surface area (Å²) >= 11 is 6.53. The second kappa shape index (κ2) is 9.32. The number of hydrogen-bond donors (Lipinski definition) is 1. The molecule has 0 saturated heterocycles. The van der Waals surface area contributed by atoms with E-state index in [2.05, 4.69) is 57.0 Å². The highest BCUT2D eigenvalue weighted by Gasteiger charge is 2.17. The van der Waals surface area contributed by atoms with Gasteiger partial charge >= 0.3 is 0 Å². The van der Waals surface area contributed by atoms with Crippen molar-refractivity contribution in [2.45, 2.75) is 47.6 Å². The Balaban J connectivity index is 3.03. The fraction of sp³-hybridized carbons (Fsp3) is 0.667. The minimum atomic E-state index is 0.622. The summed E-state index contributed by atoms with van der Waals surface area (Å²) < 4.78 is 0. The lowest BCUT2D eigenvalue weighted by Crippen LogP contribution is -2.33. The Morgan fingerprint density at radius 3 is 2.24 bits per heavy atom. The fourth-order valence-corrected chi connectivity index (χ4v) is 2.91. The van der Waals surface area contributed by atoms with E-state index < -0.39 is 0 Å². The third-order valence-electron chi connectivity index (χ3n) is 3.30. The fourth-order valence-electron chi connectivity index (χ4n) is 2.60. The molecule has 0 aliphatic heterocycles. The van der Waals surface area contributed by atoms with E-state index in [1.165, 1.54) is 11.3 Å². The van der Waals surface area contributed by atoms with E-state index in [1.54, 1.807) is 0 Å². The minimum absolute atomic E-state index is 0.622. The molecular formula is C18H31ClN2. The zero-order chi connectivity index (χ0) is 15.8. The van der Waals surface area contributed by atoms with Gasteiger partial charge in [0.15, 0.2) is 0 Å². The van der Waals surface area contributed by atoms with Gasteiger partial charge in [-0.05, 0) is 36.4 Å². The van der Waals surface area contributed by atoms with Crippen LogP contribution in [-0.2, 0) is 6.54 Å². The van der Waals surface area contributed by atoms with Gasteiger partial charge in [0.2, 0.25) is 0 Å². The van der Waals surface area contributed by atoms with Crippen molar-refractivity contribution in [2.75, 3.05) is 24.5 Å². The van der Waals surface area contributed by atoms with E-state index in [4.69, 9.17) is 11.6 Å². The lowest BCUT2D eigenvalue weighted by molar-refractivity contribution is 0.550. The van der Waals surface area contributed by atoms with E-state index in [-0.39, 0.29) is 0 Å². The Labute approximate surface area is 135 Å². The standard InChI is InChI=1S/C18H31ClN2/c1-6-10-20-11-16-8-7-9-17(19)18(16)21(12-14(2)3)13-15(4)5/h7-9,14-15,20H,6,10-13H2,1-5H3. The molecule has 0 aliphatic carbocycles. The van der Waals surface area contributed by atoms with Gasteiger partial charge in [0.05, 0.1) is 10.7 Å². The van der Waals surface area contributed by atoms with E-state index >= 15 is 0 Å². The predicted molar refractivity (Wildman–Crippen MR) is 95.3 cm³/mol. The Hall–Kier alpha value is -0.730. The Kier molecular flexibility index (Phi) is 8.13. The molecule has 0 aliphatic rings. The molecule has 0 fully saturated rings. The summed E-state index contributed by atoms with van der Waals surface area (Å²) in [4.78, 5) is 2.46. The predicted octanol–water partition coefficient (Wildman–Crippen LogP) is 4.96. The van der Waals surface area contributed by atoms with E-state index in [1.807, 2.05) is 6.07 Å². The zero-order valence-corrected chi connectivity index (χ0v) is 15.0. The summed E-state index contributed by atoms with van der Waals surface area (Å²) in [6.07, 6.45) is 1.15. The average Bonchev–Trinajstić information content (AvgIpc) is 2.37. The Bertz CT molecular complexity index is 406. The summed E-state index contributed by atoms with van der Waals surface area (Å²) in [6, 6.07) is 6.25. The smallest absolute Gasteiger partial charge is 0.0642 e. The van der Waals surface area contributed by atoms with Gasteiger partial charge in [-0.1, -0.05) is 58.4 Å². The highest BCUT2D eigenvalue weighted by Crippen LogP contribution is 2.31. The van der Waals surface area contributed by atoms with Gasteiger partial charge in [0.1, 0.15) is 0 Å². The number of nitrogens with one attached hydrogen (secondary N) is 1. The van der Waals surface area contributed by atoms with Crippen molar-refractivity contribution >= 4 is 17.3 Å². The van der Waals surface area contributed by atoms with Crippen LogP contribution in [0, 0.1) is 11.8 Å². The molecule has 0 amide bonds. The normalized spacial score (nSPS) is 11.4. The van der Waals surface area contributed by atoms with Crippen LogP contribution in [0.5, 0.6) is 0 Å². The van der Waals surface area contributed by atoms with Crippen LogP contribution in [-0.4, -0.2) is 19.6 Å². The largest absolute Gasteiger partial charge is 0.370 e. The first-order valence-electron chi connectivity index (χ1n) is 8.18. The van der Waals surface area contributed by atoms with Gasteiger partial charge in [-0.2, -0.15) is 0 Å². The number of anilines is 1. The molecule has 2 nitrogen and oxygen atoms in total. The van der Waals surface area contributed by atoms with Crippen molar-refractivity contribution in [1.82, 2.24) is 5.32 Å². The van der Waals surface area contributed by atoms with Crippen molar-refractivity contribution in [3.63, 3.8) is 0 Å². The Morgan fingerprint density at radius 2 is 1.71 bits per heavy atom. The van der Waals surface area contributed by atoms with Crippen LogP contribution in [0.25, 0.3) is 0 Å². The van der Waals surface area contributed by atoms with E-state index in [0.29, 0.717) is 11.8 Å². The van der Waals surface area contributed by atoms with E-state index in [0.717, 1.165) is 37.6 Å². The number of para-hydroxylation sites is 1. The molecule has 0 spiro atoms. The lowest BCUT2D eigenvalue weighted by Gasteiger charge is -2.31. The van der Waals surface area contributed by atoms with Gasteiger partial charge in [0.25, 0.3) is 0 Å². The highest BCUT2D eigenvalue weighted by atomic mass is 35.5. The summed E-state index contributed by atoms with van der Waals surface area (Å²) in [5, 5.41) is 4.36. The molecule has 0 unspecified atom stereocenters. The monoisotopic (exact) mass is 310 g/mol. The molecule has 0 aromatic heterocycles. The number of nitrogens with zero attached hydrogens (tertiary/aromatic N) is 1. The third-order valence-corrected chi connectivity index (χ3v) is 3.60. The van der Waals surface area contributed by atoms with Crippen molar-refractivity contribution in [3.8, 4) is 0 Å². The quantitative estimate of drug-likeness (QED) is 0.649. The molecule has 120 valence electrons. The van der Waals surface area contributed by atoms with Crippen LogP contribution in [0.4, 0.5) is 5.69 Å². The molecule has 0 bridgehead atoms. The van der Waals surface area contributed by atoms with Crippen LogP contribution in [0.3, 0.4) is 0 Å². The molecule has 1 N–H and O–H groups in total. The van der Waals surface area contributed by atoms with Crippen LogP contribution in [0.2, 0.25) is 5.02 Å². The molecule has 1 aromatic rings. The first-order valence-corrected chi connectivity index (χ1v) is 8.56. The number of rotatable bonds is 9. The van der Waals surface area contributed by atoms with Gasteiger partial charge in [-0.25, -0.2) is 0 Å². The molecule has 21 heavy (non-hydrogen) atoms. The van der Waals surface area contributed by atoms with Gasteiger partial charge < -0.3 is 10.2 Å². The second-order valence-electron chi connectivity index (χ2n) is 6.62. The lowest BCUT2D eigenvalue weighted by atomic mass is 10.1. The maximum absolute atomic E-state index is 6.53. The third kappa shape index (κ3) is 6.27. The Morgan fingerprint density at radius 1 is 1.10 bits per heavy atom. The first-order chi connectivity index (χ1) is 9.95. The molecule has 0 heterocycles. The summed E-state index contributed by atoms with van der Waals surface area (Å²) in [7, 11) is 0. The zero-order valence-electron chi connectivity index (χ0n) is 14.2. The number of halogens is 1. The topological polar surface area (TPSA) is 15.3 Å². The molecule has 0 saturated carbocycles. The van der Waals surface area contributed by atoms with Crippen LogP contribution >= 0.6 is 11.6 Å². The summed E-state index contributed by atoms with van der Waals surface area (Å²) in [6.45, 7) is 15.3. The molecule has 3 heteroatoms. The van der Waals surface area contributed by atoms with Crippen LogP contribution in [0.15, 0.2) is 18.2 Å². The molecular weight excluding hydrogens is 280 g/mol. The molecule has 1 aromatic carbocycles. The molecule has 1 rings (SSSR count). The summed E-state index contributed by atoms with van der Waals surface area (Å²) in [5.74, 6) is 1.24. The number of hydrogen-bond acceptors (Lipinski definition) is 2. The maximum Gasteiger partial charge on any atom is 0.0642 e. The first kappa shape index (κ1) is 18.3. The summed E-state index contributed by atoms with van der Waals surface area (Å²) in [5.41, 5.74) is 2.52. The molecule has 0 atom stereocenters.